The Bertz CT molecular complexity index is 869. The van der Waals surface area contributed by atoms with Gasteiger partial charge in [-0.05, 0) is 25.0 Å². The number of carbonyl (C=O) groups excluding carboxylic acids is 1. The molecular weight excluding hydrogens is 324 g/mol. The SMILES string of the molecule is CC(C)C(C)(C#N)NC(=O)CSc1nc2ccccc2c(=O)n1C. The number of thioether (sulfide) groups is 1. The minimum Gasteiger partial charge on any atom is -0.337 e. The number of hydrogen-bond donors (Lipinski definition) is 1. The van der Waals surface area contributed by atoms with Crippen molar-refractivity contribution in [3.05, 3.63) is 34.6 Å². The number of fused-ring (bicyclic) bond motifs is 1. The van der Waals surface area contributed by atoms with E-state index in [1.807, 2.05) is 19.9 Å². The molecule has 7 heteroatoms. The molecule has 0 bridgehead atoms. The first kappa shape index (κ1) is 18.0. The summed E-state index contributed by atoms with van der Waals surface area (Å²) in [5.74, 6) is -0.192. The summed E-state index contributed by atoms with van der Waals surface area (Å²) in [7, 11) is 1.63. The van der Waals surface area contributed by atoms with Crippen LogP contribution in [-0.2, 0) is 11.8 Å². The second kappa shape index (κ2) is 7.05. The molecule has 0 radical (unpaired) electrons. The highest BCUT2D eigenvalue weighted by atomic mass is 32.2. The highest BCUT2D eigenvalue weighted by molar-refractivity contribution is 7.99. The zero-order chi connectivity index (χ0) is 17.9. The molecule has 1 N–H and O–H groups in total. The summed E-state index contributed by atoms with van der Waals surface area (Å²) in [4.78, 5) is 28.9. The standard InChI is InChI=1S/C17H20N4O2S/c1-11(2)17(3,10-18)20-14(22)9-24-16-19-13-8-6-5-7-12(13)15(23)21(16)4/h5-8,11H,9H2,1-4H3,(H,20,22). The van der Waals surface area contributed by atoms with Crippen LogP contribution in [0.2, 0.25) is 0 Å². The molecule has 0 aliphatic carbocycles. The number of aromatic nitrogens is 2. The molecule has 0 fully saturated rings. The molecule has 2 aromatic rings. The maximum Gasteiger partial charge on any atom is 0.261 e. The first-order valence-electron chi connectivity index (χ1n) is 7.59. The van der Waals surface area contributed by atoms with E-state index in [9.17, 15) is 14.9 Å². The van der Waals surface area contributed by atoms with E-state index in [0.29, 0.717) is 16.1 Å². The van der Waals surface area contributed by atoms with Crippen molar-refractivity contribution in [3.63, 3.8) is 0 Å². The maximum atomic E-state index is 12.3. The fourth-order valence-electron chi connectivity index (χ4n) is 2.08. The molecule has 24 heavy (non-hydrogen) atoms. The van der Waals surface area contributed by atoms with Gasteiger partial charge in [0.2, 0.25) is 5.91 Å². The van der Waals surface area contributed by atoms with Gasteiger partial charge < -0.3 is 5.32 Å². The lowest BCUT2D eigenvalue weighted by atomic mass is 9.90. The van der Waals surface area contributed by atoms with Crippen molar-refractivity contribution in [3.8, 4) is 6.07 Å². The number of amides is 1. The minimum atomic E-state index is -0.916. The van der Waals surface area contributed by atoms with Gasteiger partial charge in [-0.3, -0.25) is 14.2 Å². The van der Waals surface area contributed by atoms with Crippen molar-refractivity contribution in [2.24, 2.45) is 13.0 Å². The van der Waals surface area contributed by atoms with Crippen molar-refractivity contribution in [1.29, 1.82) is 5.26 Å². The van der Waals surface area contributed by atoms with Gasteiger partial charge >= 0.3 is 0 Å². The van der Waals surface area contributed by atoms with Crippen LogP contribution in [0.3, 0.4) is 0 Å². The number of nitrogens with one attached hydrogen (secondary N) is 1. The predicted molar refractivity (Wildman–Crippen MR) is 94.7 cm³/mol. The van der Waals surface area contributed by atoms with Crippen LogP contribution in [0, 0.1) is 17.2 Å². The maximum absolute atomic E-state index is 12.3. The number of carbonyl (C=O) groups is 1. The number of hydrogen-bond acceptors (Lipinski definition) is 5. The Hall–Kier alpha value is -2.33. The Balaban J connectivity index is 2.17. The Morgan fingerprint density at radius 1 is 1.46 bits per heavy atom. The number of nitriles is 1. The van der Waals surface area contributed by atoms with E-state index in [1.54, 1.807) is 32.2 Å². The van der Waals surface area contributed by atoms with E-state index in [0.717, 1.165) is 0 Å². The summed E-state index contributed by atoms with van der Waals surface area (Å²) in [5, 5.41) is 13.0. The molecule has 0 saturated heterocycles. The van der Waals surface area contributed by atoms with Gasteiger partial charge in [0.15, 0.2) is 5.16 Å². The highest BCUT2D eigenvalue weighted by Gasteiger charge is 2.29. The van der Waals surface area contributed by atoms with Gasteiger partial charge in [0, 0.05) is 7.05 Å². The first-order valence-corrected chi connectivity index (χ1v) is 8.58. The van der Waals surface area contributed by atoms with Crippen molar-refractivity contribution >= 4 is 28.6 Å². The number of nitrogens with zero attached hydrogens (tertiary/aromatic N) is 3. The van der Waals surface area contributed by atoms with Gasteiger partial charge in [0.1, 0.15) is 5.54 Å². The molecule has 2 rings (SSSR count). The third kappa shape index (κ3) is 3.60. The average Bonchev–Trinajstić information content (AvgIpc) is 2.56. The van der Waals surface area contributed by atoms with Crippen molar-refractivity contribution in [1.82, 2.24) is 14.9 Å². The Labute approximate surface area is 144 Å². The van der Waals surface area contributed by atoms with E-state index in [2.05, 4.69) is 16.4 Å². The molecule has 1 amide bonds. The molecule has 1 unspecified atom stereocenters. The van der Waals surface area contributed by atoms with E-state index < -0.39 is 5.54 Å². The molecular formula is C17H20N4O2S. The van der Waals surface area contributed by atoms with Crippen molar-refractivity contribution in [2.45, 2.75) is 31.5 Å². The average molecular weight is 344 g/mol. The predicted octanol–water partition coefficient (Wildman–Crippen LogP) is 2.08. The van der Waals surface area contributed by atoms with Gasteiger partial charge in [0.05, 0.1) is 22.7 Å². The zero-order valence-electron chi connectivity index (χ0n) is 14.2. The molecule has 1 atom stereocenters. The molecule has 0 saturated carbocycles. The second-order valence-corrected chi connectivity index (χ2v) is 7.02. The molecule has 1 aromatic heterocycles. The third-order valence-electron chi connectivity index (χ3n) is 4.06. The summed E-state index contributed by atoms with van der Waals surface area (Å²) in [6, 6.07) is 9.25. The zero-order valence-corrected chi connectivity index (χ0v) is 15.0. The van der Waals surface area contributed by atoms with Crippen LogP contribution in [-0.4, -0.2) is 26.8 Å². The lowest BCUT2D eigenvalue weighted by Crippen LogP contribution is -2.49. The van der Waals surface area contributed by atoms with Crippen LogP contribution in [0.15, 0.2) is 34.2 Å². The van der Waals surface area contributed by atoms with Gasteiger partial charge in [-0.2, -0.15) is 5.26 Å². The van der Waals surface area contributed by atoms with Crippen LogP contribution in [0.5, 0.6) is 0 Å². The molecule has 1 aromatic carbocycles. The molecule has 6 nitrogen and oxygen atoms in total. The van der Waals surface area contributed by atoms with E-state index >= 15 is 0 Å². The van der Waals surface area contributed by atoms with Gasteiger partial charge in [0.25, 0.3) is 5.56 Å². The van der Waals surface area contributed by atoms with Crippen molar-refractivity contribution < 1.29 is 4.79 Å². The Morgan fingerprint density at radius 3 is 2.75 bits per heavy atom. The lowest BCUT2D eigenvalue weighted by Gasteiger charge is -2.27. The highest BCUT2D eigenvalue weighted by Crippen LogP contribution is 2.19. The molecule has 0 aliphatic rings. The molecule has 0 aliphatic heterocycles. The smallest absolute Gasteiger partial charge is 0.261 e. The second-order valence-electron chi connectivity index (χ2n) is 6.08. The van der Waals surface area contributed by atoms with Crippen LogP contribution in [0.4, 0.5) is 0 Å². The van der Waals surface area contributed by atoms with Gasteiger partial charge in [-0.1, -0.05) is 37.7 Å². The summed E-state index contributed by atoms with van der Waals surface area (Å²) in [6.45, 7) is 5.46. The van der Waals surface area contributed by atoms with Crippen molar-refractivity contribution in [2.75, 3.05) is 5.75 Å². The van der Waals surface area contributed by atoms with Crippen LogP contribution in [0.1, 0.15) is 20.8 Å². The summed E-state index contributed by atoms with van der Waals surface area (Å²) in [6.07, 6.45) is 0. The fraction of sp³-hybridized carbons (Fsp3) is 0.412. The largest absolute Gasteiger partial charge is 0.337 e. The molecule has 0 spiro atoms. The number of rotatable bonds is 5. The monoisotopic (exact) mass is 344 g/mol. The number of para-hydroxylation sites is 1. The Kier molecular flexibility index (Phi) is 5.30. The van der Waals surface area contributed by atoms with E-state index in [1.165, 1.54) is 16.3 Å². The third-order valence-corrected chi connectivity index (χ3v) is 5.09. The summed E-state index contributed by atoms with van der Waals surface area (Å²) >= 11 is 1.18. The lowest BCUT2D eigenvalue weighted by molar-refractivity contribution is -0.120. The first-order chi connectivity index (χ1) is 11.3. The minimum absolute atomic E-state index is 0.0143. The van der Waals surface area contributed by atoms with Crippen LogP contribution >= 0.6 is 11.8 Å². The fourth-order valence-corrected chi connectivity index (χ4v) is 2.86. The van der Waals surface area contributed by atoms with E-state index in [-0.39, 0.29) is 23.1 Å². The van der Waals surface area contributed by atoms with Crippen LogP contribution in [0.25, 0.3) is 10.9 Å². The Morgan fingerprint density at radius 2 is 2.12 bits per heavy atom. The van der Waals surface area contributed by atoms with E-state index in [4.69, 9.17) is 0 Å². The topological polar surface area (TPSA) is 87.8 Å². The summed E-state index contributed by atoms with van der Waals surface area (Å²) < 4.78 is 1.44. The summed E-state index contributed by atoms with van der Waals surface area (Å²) in [5.41, 5.74) is -0.458. The normalized spacial score (nSPS) is 13.5. The number of benzene rings is 1. The molecule has 126 valence electrons. The van der Waals surface area contributed by atoms with Gasteiger partial charge in [-0.25, -0.2) is 4.98 Å². The van der Waals surface area contributed by atoms with Crippen LogP contribution < -0.4 is 10.9 Å². The van der Waals surface area contributed by atoms with Gasteiger partial charge in [-0.15, -0.1) is 0 Å². The quantitative estimate of drug-likeness (QED) is 0.663. The molecule has 1 heterocycles.